The van der Waals surface area contributed by atoms with Crippen molar-refractivity contribution in [2.24, 2.45) is 5.92 Å². The molecule has 104 valence electrons. The van der Waals surface area contributed by atoms with Crippen LogP contribution in [-0.4, -0.2) is 12.2 Å². The molecular weight excluding hydrogens is 252 g/mol. The van der Waals surface area contributed by atoms with Crippen molar-refractivity contribution in [3.8, 4) is 11.5 Å². The fourth-order valence-electron chi connectivity index (χ4n) is 2.53. The van der Waals surface area contributed by atoms with E-state index in [4.69, 9.17) is 9.47 Å². The van der Waals surface area contributed by atoms with Gasteiger partial charge in [0.05, 0.1) is 0 Å². The molecular formula is C17H18O3. The molecule has 0 saturated heterocycles. The number of aromatic hydroxyl groups is 1. The Hall–Kier alpha value is -2.00. The van der Waals surface area contributed by atoms with Crippen LogP contribution < -0.4 is 4.74 Å². The SMILES string of the molecule is COC(Oc1ccc(O)cc1)(c1ccccc1)C1CC1. The van der Waals surface area contributed by atoms with Crippen LogP contribution in [0, 0.1) is 5.92 Å². The van der Waals surface area contributed by atoms with Crippen molar-refractivity contribution in [2.45, 2.75) is 18.6 Å². The van der Waals surface area contributed by atoms with Gasteiger partial charge in [0.1, 0.15) is 11.5 Å². The second kappa shape index (κ2) is 5.17. The van der Waals surface area contributed by atoms with Gasteiger partial charge in [-0.1, -0.05) is 30.3 Å². The van der Waals surface area contributed by atoms with E-state index in [9.17, 15) is 5.11 Å². The summed E-state index contributed by atoms with van der Waals surface area (Å²) in [4.78, 5) is 0. The highest BCUT2D eigenvalue weighted by Gasteiger charge is 2.49. The molecule has 1 aliphatic rings. The third-order valence-corrected chi connectivity index (χ3v) is 3.70. The zero-order valence-corrected chi connectivity index (χ0v) is 11.5. The molecule has 3 heteroatoms. The van der Waals surface area contributed by atoms with Gasteiger partial charge in [0, 0.05) is 18.6 Å². The van der Waals surface area contributed by atoms with E-state index in [0.29, 0.717) is 11.7 Å². The highest BCUT2D eigenvalue weighted by molar-refractivity contribution is 5.32. The van der Waals surface area contributed by atoms with Crippen molar-refractivity contribution in [1.82, 2.24) is 0 Å². The molecule has 1 saturated carbocycles. The molecule has 2 aromatic rings. The number of methoxy groups -OCH3 is 1. The smallest absolute Gasteiger partial charge is 0.239 e. The average molecular weight is 270 g/mol. The summed E-state index contributed by atoms with van der Waals surface area (Å²) >= 11 is 0. The lowest BCUT2D eigenvalue weighted by molar-refractivity contribution is -0.188. The maximum atomic E-state index is 9.36. The van der Waals surface area contributed by atoms with E-state index in [0.717, 1.165) is 18.4 Å². The third-order valence-electron chi connectivity index (χ3n) is 3.70. The topological polar surface area (TPSA) is 38.7 Å². The summed E-state index contributed by atoms with van der Waals surface area (Å²) in [5.74, 6) is 0.550. The predicted octanol–water partition coefficient (Wildman–Crippen LogP) is 3.68. The molecule has 2 aromatic carbocycles. The van der Waals surface area contributed by atoms with Gasteiger partial charge in [0.2, 0.25) is 5.79 Å². The summed E-state index contributed by atoms with van der Waals surface area (Å²) in [5, 5.41) is 9.36. The molecule has 0 aliphatic heterocycles. The van der Waals surface area contributed by atoms with Crippen molar-refractivity contribution in [1.29, 1.82) is 0 Å². The van der Waals surface area contributed by atoms with Gasteiger partial charge in [-0.3, -0.25) is 0 Å². The monoisotopic (exact) mass is 270 g/mol. The summed E-state index contributed by atoms with van der Waals surface area (Å²) in [5.41, 5.74) is 1.03. The number of hydrogen-bond acceptors (Lipinski definition) is 3. The third kappa shape index (κ3) is 2.37. The Balaban J connectivity index is 1.96. The van der Waals surface area contributed by atoms with Crippen LogP contribution >= 0.6 is 0 Å². The van der Waals surface area contributed by atoms with E-state index in [2.05, 4.69) is 0 Å². The number of phenols is 1. The lowest BCUT2D eigenvalue weighted by atomic mass is 10.0. The number of benzene rings is 2. The van der Waals surface area contributed by atoms with Gasteiger partial charge in [-0.05, 0) is 37.1 Å². The maximum absolute atomic E-state index is 9.36. The van der Waals surface area contributed by atoms with Gasteiger partial charge in [-0.15, -0.1) is 0 Å². The Morgan fingerprint density at radius 3 is 2.20 bits per heavy atom. The minimum absolute atomic E-state index is 0.228. The van der Waals surface area contributed by atoms with Crippen LogP contribution in [0.15, 0.2) is 54.6 Å². The first-order valence-electron chi connectivity index (χ1n) is 6.83. The van der Waals surface area contributed by atoms with Crippen molar-refractivity contribution < 1.29 is 14.6 Å². The van der Waals surface area contributed by atoms with E-state index >= 15 is 0 Å². The molecule has 3 nitrogen and oxygen atoms in total. The average Bonchev–Trinajstić information content (AvgIpc) is 3.33. The summed E-state index contributed by atoms with van der Waals surface area (Å²) in [7, 11) is 1.69. The quantitative estimate of drug-likeness (QED) is 0.842. The van der Waals surface area contributed by atoms with Crippen LogP contribution in [0.2, 0.25) is 0 Å². The minimum Gasteiger partial charge on any atom is -0.508 e. The van der Waals surface area contributed by atoms with Gasteiger partial charge >= 0.3 is 0 Å². The van der Waals surface area contributed by atoms with Crippen molar-refractivity contribution >= 4 is 0 Å². The van der Waals surface area contributed by atoms with Crippen LogP contribution in [-0.2, 0) is 10.5 Å². The van der Waals surface area contributed by atoms with E-state index in [-0.39, 0.29) is 5.75 Å². The normalized spacial score (nSPS) is 17.4. The highest BCUT2D eigenvalue weighted by Crippen LogP contribution is 2.48. The Kier molecular flexibility index (Phi) is 3.36. The molecule has 1 aliphatic carbocycles. The van der Waals surface area contributed by atoms with Gasteiger partial charge in [-0.25, -0.2) is 0 Å². The molecule has 0 bridgehead atoms. The summed E-state index contributed by atoms with van der Waals surface area (Å²) < 4.78 is 12.0. The summed E-state index contributed by atoms with van der Waals surface area (Å²) in [6.45, 7) is 0. The molecule has 1 N–H and O–H groups in total. The van der Waals surface area contributed by atoms with E-state index in [1.54, 1.807) is 31.4 Å². The van der Waals surface area contributed by atoms with Gasteiger partial charge < -0.3 is 14.6 Å². The molecule has 0 amide bonds. The molecule has 0 radical (unpaired) electrons. The van der Waals surface area contributed by atoms with Gasteiger partial charge in [0.15, 0.2) is 0 Å². The minimum atomic E-state index is -0.738. The zero-order chi connectivity index (χ0) is 14.0. The Labute approximate surface area is 118 Å². The second-order valence-electron chi connectivity index (χ2n) is 5.11. The molecule has 1 fully saturated rings. The first-order valence-corrected chi connectivity index (χ1v) is 6.83. The standard InChI is InChI=1S/C17H18O3/c1-19-17(14-7-8-14,13-5-3-2-4-6-13)20-16-11-9-15(18)10-12-16/h2-6,9-12,14,18H,7-8H2,1H3. The van der Waals surface area contributed by atoms with Gasteiger partial charge in [-0.2, -0.15) is 0 Å². The van der Waals surface area contributed by atoms with E-state index in [1.807, 2.05) is 30.3 Å². The fraction of sp³-hybridized carbons (Fsp3) is 0.294. The molecule has 0 heterocycles. The summed E-state index contributed by atoms with van der Waals surface area (Å²) in [6, 6.07) is 16.8. The van der Waals surface area contributed by atoms with Crippen LogP contribution in [0.4, 0.5) is 0 Å². The lowest BCUT2D eigenvalue weighted by Crippen LogP contribution is -2.37. The van der Waals surface area contributed by atoms with Crippen LogP contribution in [0.25, 0.3) is 0 Å². The predicted molar refractivity (Wildman–Crippen MR) is 76.6 cm³/mol. The van der Waals surface area contributed by atoms with Crippen molar-refractivity contribution in [3.05, 3.63) is 60.2 Å². The maximum Gasteiger partial charge on any atom is 0.239 e. The van der Waals surface area contributed by atoms with Crippen LogP contribution in [0.3, 0.4) is 0 Å². The zero-order valence-electron chi connectivity index (χ0n) is 11.5. The van der Waals surface area contributed by atoms with Gasteiger partial charge in [0.25, 0.3) is 0 Å². The van der Waals surface area contributed by atoms with Crippen LogP contribution in [0.5, 0.6) is 11.5 Å². The first kappa shape index (κ1) is 13.0. The molecule has 0 spiro atoms. The number of hydrogen-bond donors (Lipinski definition) is 1. The molecule has 1 unspecified atom stereocenters. The molecule has 20 heavy (non-hydrogen) atoms. The Morgan fingerprint density at radius 1 is 1.00 bits per heavy atom. The van der Waals surface area contributed by atoms with E-state index in [1.165, 1.54) is 0 Å². The fourth-order valence-corrected chi connectivity index (χ4v) is 2.53. The number of ether oxygens (including phenoxy) is 2. The van der Waals surface area contributed by atoms with E-state index < -0.39 is 5.79 Å². The summed E-state index contributed by atoms with van der Waals surface area (Å²) in [6.07, 6.45) is 2.20. The lowest BCUT2D eigenvalue weighted by Gasteiger charge is -2.33. The largest absolute Gasteiger partial charge is 0.508 e. The second-order valence-corrected chi connectivity index (χ2v) is 5.11. The van der Waals surface area contributed by atoms with Crippen molar-refractivity contribution in [2.75, 3.05) is 7.11 Å². The molecule has 1 atom stereocenters. The number of rotatable bonds is 5. The molecule has 0 aromatic heterocycles. The van der Waals surface area contributed by atoms with Crippen LogP contribution in [0.1, 0.15) is 18.4 Å². The van der Waals surface area contributed by atoms with Crippen molar-refractivity contribution in [3.63, 3.8) is 0 Å². The molecule has 3 rings (SSSR count). The highest BCUT2D eigenvalue weighted by atomic mass is 16.7. The Bertz CT molecular complexity index is 561. The number of phenolic OH excluding ortho intramolecular Hbond substituents is 1. The first-order chi connectivity index (χ1) is 9.74. The Morgan fingerprint density at radius 2 is 1.65 bits per heavy atom.